The van der Waals surface area contributed by atoms with Crippen LogP contribution in [0.4, 0.5) is 5.69 Å². The fourth-order valence-electron chi connectivity index (χ4n) is 4.83. The van der Waals surface area contributed by atoms with Gasteiger partial charge >= 0.3 is 0 Å². The third kappa shape index (κ3) is 5.37. The third-order valence-electron chi connectivity index (χ3n) is 6.76. The first-order chi connectivity index (χ1) is 14.5. The molecule has 3 rings (SSSR count). The second-order valence-corrected chi connectivity index (χ2v) is 8.45. The molecule has 7 heteroatoms. The Morgan fingerprint density at radius 1 is 1.17 bits per heavy atom. The van der Waals surface area contributed by atoms with E-state index in [1.807, 2.05) is 18.2 Å². The molecule has 0 aromatic heterocycles. The maximum Gasteiger partial charge on any atom is 0.235 e. The molecule has 1 heterocycles. The van der Waals surface area contributed by atoms with Crippen LogP contribution in [-0.4, -0.2) is 57.8 Å². The predicted molar refractivity (Wildman–Crippen MR) is 117 cm³/mol. The summed E-state index contributed by atoms with van der Waals surface area (Å²) in [7, 11) is 3.39. The normalized spacial score (nSPS) is 23.4. The fourth-order valence-corrected chi connectivity index (χ4v) is 4.83. The topological polar surface area (TPSA) is 91.8 Å². The van der Waals surface area contributed by atoms with Gasteiger partial charge in [-0.15, -0.1) is 0 Å². The van der Waals surface area contributed by atoms with Gasteiger partial charge in [-0.05, 0) is 49.8 Å². The second kappa shape index (κ2) is 10.5. The number of hydrogen-bond donors (Lipinski definition) is 1. The predicted octanol–water partition coefficient (Wildman–Crippen LogP) is 2.65. The van der Waals surface area contributed by atoms with E-state index in [-0.39, 0.29) is 5.92 Å². The molecule has 2 aliphatic rings. The van der Waals surface area contributed by atoms with Crippen molar-refractivity contribution in [1.29, 1.82) is 5.26 Å². The summed E-state index contributed by atoms with van der Waals surface area (Å²) in [5.74, 6) is 1.47. The minimum atomic E-state index is -0.618. The van der Waals surface area contributed by atoms with Crippen molar-refractivity contribution in [3.8, 4) is 17.6 Å². The van der Waals surface area contributed by atoms with Crippen LogP contribution in [0.5, 0.6) is 11.5 Å². The van der Waals surface area contributed by atoms with Gasteiger partial charge in [0.25, 0.3) is 0 Å². The summed E-state index contributed by atoms with van der Waals surface area (Å²) in [5, 5.41) is 9.18. The van der Waals surface area contributed by atoms with E-state index in [1.165, 1.54) is 6.42 Å². The minimum Gasteiger partial charge on any atom is -0.497 e. The van der Waals surface area contributed by atoms with E-state index in [1.54, 1.807) is 14.2 Å². The molecule has 1 saturated heterocycles. The number of nitriles is 1. The lowest BCUT2D eigenvalue weighted by molar-refractivity contribution is -0.122. The first-order valence-corrected chi connectivity index (χ1v) is 10.9. The highest BCUT2D eigenvalue weighted by Crippen LogP contribution is 2.35. The Morgan fingerprint density at radius 3 is 2.43 bits per heavy atom. The second-order valence-electron chi connectivity index (χ2n) is 8.45. The lowest BCUT2D eigenvalue weighted by Crippen LogP contribution is -2.47. The van der Waals surface area contributed by atoms with E-state index in [4.69, 9.17) is 15.2 Å². The van der Waals surface area contributed by atoms with E-state index in [0.29, 0.717) is 5.92 Å². The van der Waals surface area contributed by atoms with Crippen molar-refractivity contribution < 1.29 is 14.3 Å². The molecule has 0 radical (unpaired) electrons. The molecule has 7 nitrogen and oxygen atoms in total. The summed E-state index contributed by atoms with van der Waals surface area (Å²) in [6.45, 7) is 5.12. The molecule has 1 amide bonds. The smallest absolute Gasteiger partial charge is 0.235 e. The standard InChI is InChI=1S/C23H34N4O3/c1-29-19-7-8-22(30-2)21(15-19)27-13-11-26(12-14-27)10-9-17-3-5-18(6-4-17)20(16-24)23(25)28/h7-8,15,17-18,20H,3-6,9-14H2,1-2H3,(H2,25,28). The summed E-state index contributed by atoms with van der Waals surface area (Å²) in [5.41, 5.74) is 6.46. The maximum atomic E-state index is 11.4. The molecule has 1 atom stereocenters. The molecule has 30 heavy (non-hydrogen) atoms. The van der Waals surface area contributed by atoms with Crippen LogP contribution < -0.4 is 20.1 Å². The number of primary amides is 1. The number of ether oxygens (including phenoxy) is 2. The number of nitrogens with zero attached hydrogens (tertiary/aromatic N) is 3. The van der Waals surface area contributed by atoms with Crippen LogP contribution in [-0.2, 0) is 4.79 Å². The lowest BCUT2D eigenvalue weighted by Gasteiger charge is -2.38. The summed E-state index contributed by atoms with van der Waals surface area (Å²) < 4.78 is 10.9. The largest absolute Gasteiger partial charge is 0.497 e. The Labute approximate surface area is 179 Å². The molecule has 1 saturated carbocycles. The van der Waals surface area contributed by atoms with Gasteiger partial charge in [0.2, 0.25) is 5.91 Å². The van der Waals surface area contributed by atoms with Crippen molar-refractivity contribution in [3.63, 3.8) is 0 Å². The average molecular weight is 415 g/mol. The number of benzene rings is 1. The zero-order valence-corrected chi connectivity index (χ0v) is 18.2. The van der Waals surface area contributed by atoms with Gasteiger partial charge < -0.3 is 20.1 Å². The number of anilines is 1. The van der Waals surface area contributed by atoms with Crippen LogP contribution in [0.3, 0.4) is 0 Å². The summed E-state index contributed by atoms with van der Waals surface area (Å²) >= 11 is 0. The highest BCUT2D eigenvalue weighted by atomic mass is 16.5. The van der Waals surface area contributed by atoms with Crippen LogP contribution in [0.25, 0.3) is 0 Å². The van der Waals surface area contributed by atoms with E-state index in [9.17, 15) is 10.1 Å². The van der Waals surface area contributed by atoms with E-state index >= 15 is 0 Å². The quantitative estimate of drug-likeness (QED) is 0.703. The van der Waals surface area contributed by atoms with Crippen molar-refractivity contribution >= 4 is 11.6 Å². The summed E-state index contributed by atoms with van der Waals surface area (Å²) in [4.78, 5) is 16.3. The number of rotatable bonds is 8. The van der Waals surface area contributed by atoms with E-state index < -0.39 is 11.8 Å². The lowest BCUT2D eigenvalue weighted by atomic mass is 9.75. The molecule has 1 aliphatic heterocycles. The molecule has 0 bridgehead atoms. The zero-order valence-electron chi connectivity index (χ0n) is 18.2. The number of carbonyl (C=O) groups excluding carboxylic acids is 1. The Hall–Kier alpha value is -2.46. The van der Waals surface area contributed by atoms with Gasteiger partial charge in [0.1, 0.15) is 17.4 Å². The molecule has 1 unspecified atom stereocenters. The Bertz CT molecular complexity index is 747. The van der Waals surface area contributed by atoms with Crippen molar-refractivity contribution in [2.75, 3.05) is 51.8 Å². The molecule has 2 N–H and O–H groups in total. The molecular weight excluding hydrogens is 380 g/mol. The van der Waals surface area contributed by atoms with Crippen molar-refractivity contribution in [1.82, 2.24) is 4.90 Å². The first kappa shape index (κ1) is 22.2. The van der Waals surface area contributed by atoms with Gasteiger partial charge in [0, 0.05) is 32.2 Å². The SMILES string of the molecule is COc1ccc(OC)c(N2CCN(CCC3CCC(C(C#N)C(N)=O)CC3)CC2)c1. The first-order valence-electron chi connectivity index (χ1n) is 10.9. The van der Waals surface area contributed by atoms with Crippen molar-refractivity contribution in [2.45, 2.75) is 32.1 Å². The van der Waals surface area contributed by atoms with Crippen molar-refractivity contribution in [3.05, 3.63) is 18.2 Å². The Balaban J connectivity index is 1.43. The zero-order chi connectivity index (χ0) is 21.5. The third-order valence-corrected chi connectivity index (χ3v) is 6.76. The molecule has 164 valence electrons. The van der Waals surface area contributed by atoms with Crippen molar-refractivity contribution in [2.24, 2.45) is 23.5 Å². The maximum absolute atomic E-state index is 11.4. The number of amides is 1. The number of methoxy groups -OCH3 is 2. The Kier molecular flexibility index (Phi) is 7.81. The molecule has 2 fully saturated rings. The number of hydrogen-bond acceptors (Lipinski definition) is 6. The molecule has 0 spiro atoms. The van der Waals surface area contributed by atoms with Crippen LogP contribution >= 0.6 is 0 Å². The average Bonchev–Trinajstić information content (AvgIpc) is 2.78. The van der Waals surface area contributed by atoms with E-state index in [2.05, 4.69) is 15.9 Å². The van der Waals surface area contributed by atoms with E-state index in [0.717, 1.165) is 75.6 Å². The monoisotopic (exact) mass is 414 g/mol. The van der Waals surface area contributed by atoms with Crippen LogP contribution in [0.15, 0.2) is 18.2 Å². The fraction of sp³-hybridized carbons (Fsp3) is 0.652. The molecular formula is C23H34N4O3. The van der Waals surface area contributed by atoms with Gasteiger partial charge in [-0.25, -0.2) is 0 Å². The van der Waals surface area contributed by atoms with Gasteiger partial charge in [-0.2, -0.15) is 5.26 Å². The highest BCUT2D eigenvalue weighted by Gasteiger charge is 2.31. The number of piperazine rings is 1. The van der Waals surface area contributed by atoms with Gasteiger partial charge in [0.05, 0.1) is 26.0 Å². The number of nitrogens with two attached hydrogens (primary N) is 1. The highest BCUT2D eigenvalue weighted by molar-refractivity contribution is 5.79. The molecule has 1 aromatic rings. The van der Waals surface area contributed by atoms with Crippen LogP contribution in [0.2, 0.25) is 0 Å². The number of carbonyl (C=O) groups is 1. The van der Waals surface area contributed by atoms with Crippen LogP contribution in [0.1, 0.15) is 32.1 Å². The van der Waals surface area contributed by atoms with Gasteiger partial charge in [0.15, 0.2) is 0 Å². The molecule has 1 aliphatic carbocycles. The molecule has 1 aromatic carbocycles. The summed E-state index contributed by atoms with van der Waals surface area (Å²) in [6.07, 6.45) is 5.25. The van der Waals surface area contributed by atoms with Gasteiger partial charge in [-0.1, -0.05) is 12.8 Å². The van der Waals surface area contributed by atoms with Gasteiger partial charge in [-0.3, -0.25) is 9.69 Å². The minimum absolute atomic E-state index is 0.144. The van der Waals surface area contributed by atoms with Crippen LogP contribution in [0, 0.1) is 29.1 Å². The summed E-state index contributed by atoms with van der Waals surface area (Å²) in [6, 6.07) is 8.04. The Morgan fingerprint density at radius 2 is 1.87 bits per heavy atom.